The molecule has 18 heavy (non-hydrogen) atoms. The number of nitrogens with zero attached hydrogens (tertiary/aromatic N) is 2. The number of rotatable bonds is 2. The maximum atomic E-state index is 11.3. The van der Waals surface area contributed by atoms with E-state index in [-0.39, 0.29) is 11.4 Å². The van der Waals surface area contributed by atoms with E-state index in [0.717, 1.165) is 0 Å². The van der Waals surface area contributed by atoms with E-state index in [9.17, 15) is 13.5 Å². The van der Waals surface area contributed by atoms with Crippen molar-refractivity contribution in [3.8, 4) is 5.75 Å². The molecule has 0 aliphatic rings. The van der Waals surface area contributed by atoms with Crippen molar-refractivity contribution in [1.29, 1.82) is 0 Å². The first-order valence-electron chi connectivity index (χ1n) is 4.69. The highest BCUT2D eigenvalue weighted by Gasteiger charge is 2.21. The Hall–Kier alpha value is -1.26. The summed E-state index contributed by atoms with van der Waals surface area (Å²) in [5.74, 6) is -0.332. The number of phenols is 1. The van der Waals surface area contributed by atoms with Gasteiger partial charge in [-0.3, -0.25) is 4.55 Å². The van der Waals surface area contributed by atoms with Crippen molar-refractivity contribution < 1.29 is 18.1 Å². The Morgan fingerprint density at radius 1 is 1.22 bits per heavy atom. The first-order valence-corrected chi connectivity index (χ1v) is 7.10. The molecule has 2 aromatic rings. The van der Waals surface area contributed by atoms with Crippen molar-refractivity contribution in [2.45, 2.75) is 4.90 Å². The molecule has 0 amide bonds. The number of halogens is 1. The lowest BCUT2D eigenvalue weighted by atomic mass is 10.1. The van der Waals surface area contributed by atoms with E-state index in [1.54, 1.807) is 47.1 Å². The Kier molecular flexibility index (Phi) is 3.50. The van der Waals surface area contributed by atoms with E-state index in [1.807, 2.05) is 0 Å². The van der Waals surface area contributed by atoms with Gasteiger partial charge in [0.15, 0.2) is 5.75 Å². The molecule has 0 heterocycles. The molecule has 0 radical (unpaired) electrons. The summed E-state index contributed by atoms with van der Waals surface area (Å²) in [5, 5.41) is 14.5. The molecule has 0 spiro atoms. The minimum absolute atomic E-state index is 0.273. The molecule has 0 bridgehead atoms. The molecule has 8 heteroatoms. The van der Waals surface area contributed by atoms with Crippen LogP contribution in [0.15, 0.2) is 43.7 Å². The predicted molar refractivity (Wildman–Crippen MR) is 74.0 cm³/mol. The minimum Gasteiger partial charge on any atom is -0.505 e. The molecule has 2 rings (SSSR count). The van der Waals surface area contributed by atoms with Crippen molar-refractivity contribution in [2.75, 3.05) is 0 Å². The van der Waals surface area contributed by atoms with E-state index in [4.69, 9.17) is 4.55 Å². The average molecular weight is 378 g/mol. The van der Waals surface area contributed by atoms with Crippen molar-refractivity contribution in [3.63, 3.8) is 0 Å². The molecule has 0 saturated heterocycles. The van der Waals surface area contributed by atoms with Gasteiger partial charge in [0.1, 0.15) is 33.4 Å². The molecule has 0 aliphatic carbocycles. The van der Waals surface area contributed by atoms with Crippen molar-refractivity contribution >= 4 is 49.4 Å². The number of benzene rings is 2. The fraction of sp³-hybridized carbons (Fsp3) is 0. The zero-order valence-electron chi connectivity index (χ0n) is 8.78. The summed E-state index contributed by atoms with van der Waals surface area (Å²) in [4.78, 5) is -0.473. The van der Waals surface area contributed by atoms with Crippen LogP contribution in [0.5, 0.6) is 5.75 Å². The number of fused-ring (bicyclic) bond motifs is 1. The minimum atomic E-state index is -4.49. The SMILES string of the molecule is O=S(=O)(O)c1cc2ccccc2c(O)c1N=NI. The normalized spacial score (nSPS) is 12.3. The van der Waals surface area contributed by atoms with Crippen LogP contribution in [0.1, 0.15) is 0 Å². The molecule has 0 atom stereocenters. The highest BCUT2D eigenvalue weighted by molar-refractivity contribution is 14.1. The molecule has 6 nitrogen and oxygen atoms in total. The summed E-state index contributed by atoms with van der Waals surface area (Å²) in [6, 6.07) is 7.86. The van der Waals surface area contributed by atoms with Gasteiger partial charge in [-0.25, -0.2) is 0 Å². The highest BCUT2D eigenvalue weighted by atomic mass is 127. The molecular formula is C10H7IN2O4S. The van der Waals surface area contributed by atoms with Gasteiger partial charge in [0.2, 0.25) is 0 Å². The Labute approximate surface area is 117 Å². The largest absolute Gasteiger partial charge is 0.505 e. The maximum Gasteiger partial charge on any atom is 0.296 e. The summed E-state index contributed by atoms with van der Waals surface area (Å²) in [6.45, 7) is 0. The first-order chi connectivity index (χ1) is 8.45. The second-order valence-corrected chi connectivity index (χ2v) is 5.27. The second kappa shape index (κ2) is 4.78. The van der Waals surface area contributed by atoms with Crippen LogP contribution in [0, 0.1) is 0 Å². The summed E-state index contributed by atoms with van der Waals surface area (Å²) in [5.41, 5.74) is -0.273. The van der Waals surface area contributed by atoms with Crippen molar-refractivity contribution in [1.82, 2.24) is 0 Å². The van der Waals surface area contributed by atoms with Gasteiger partial charge in [-0.05, 0) is 11.5 Å². The predicted octanol–water partition coefficient (Wildman–Crippen LogP) is 3.23. The third-order valence-electron chi connectivity index (χ3n) is 2.38. The molecule has 2 aromatic carbocycles. The van der Waals surface area contributed by atoms with Crippen LogP contribution in [0.3, 0.4) is 0 Å². The number of hydrogen-bond acceptors (Lipinski definition) is 5. The zero-order valence-corrected chi connectivity index (χ0v) is 11.8. The Bertz CT molecular complexity index is 743. The summed E-state index contributed by atoms with van der Waals surface area (Å²) < 4.78 is 35.1. The summed E-state index contributed by atoms with van der Waals surface area (Å²) >= 11 is 1.55. The lowest BCUT2D eigenvalue weighted by Gasteiger charge is -2.07. The van der Waals surface area contributed by atoms with Crippen LogP contribution in [0.2, 0.25) is 0 Å². The third-order valence-corrected chi connectivity index (χ3v) is 3.46. The lowest BCUT2D eigenvalue weighted by Crippen LogP contribution is -1.98. The lowest BCUT2D eigenvalue weighted by molar-refractivity contribution is 0.472. The smallest absolute Gasteiger partial charge is 0.296 e. The van der Waals surface area contributed by atoms with Gasteiger partial charge in [0.25, 0.3) is 10.1 Å². The van der Waals surface area contributed by atoms with Gasteiger partial charge in [-0.15, -0.1) is 8.44 Å². The molecule has 0 fully saturated rings. The molecule has 0 aliphatic heterocycles. The van der Waals surface area contributed by atoms with E-state index in [2.05, 4.69) is 8.44 Å². The van der Waals surface area contributed by atoms with Crippen LogP contribution < -0.4 is 0 Å². The van der Waals surface area contributed by atoms with Crippen LogP contribution in [0.4, 0.5) is 5.69 Å². The summed E-state index contributed by atoms with van der Waals surface area (Å²) in [7, 11) is -4.49. The third kappa shape index (κ3) is 2.31. The average Bonchev–Trinajstić information content (AvgIpc) is 2.31. The van der Waals surface area contributed by atoms with Crippen LogP contribution >= 0.6 is 22.9 Å². The van der Waals surface area contributed by atoms with E-state index < -0.39 is 15.0 Å². The first kappa shape index (κ1) is 13.2. The zero-order chi connectivity index (χ0) is 13.3. The van der Waals surface area contributed by atoms with Crippen LogP contribution in [0.25, 0.3) is 10.8 Å². The topological polar surface area (TPSA) is 99.3 Å². The van der Waals surface area contributed by atoms with Crippen LogP contribution in [-0.2, 0) is 10.1 Å². The highest BCUT2D eigenvalue weighted by Crippen LogP contribution is 2.40. The monoisotopic (exact) mass is 378 g/mol. The van der Waals surface area contributed by atoms with Crippen LogP contribution in [-0.4, -0.2) is 18.1 Å². The Balaban J connectivity index is 2.97. The Morgan fingerprint density at radius 2 is 1.89 bits per heavy atom. The number of hydrogen-bond donors (Lipinski definition) is 2. The summed E-state index contributed by atoms with van der Waals surface area (Å²) in [6.07, 6.45) is 0. The quantitative estimate of drug-likeness (QED) is 0.476. The number of phenolic OH excluding ortho intramolecular Hbond substituents is 1. The Morgan fingerprint density at radius 3 is 2.50 bits per heavy atom. The second-order valence-electron chi connectivity index (χ2n) is 3.44. The van der Waals surface area contributed by atoms with E-state index >= 15 is 0 Å². The van der Waals surface area contributed by atoms with Gasteiger partial charge in [0.05, 0.1) is 0 Å². The fourth-order valence-electron chi connectivity index (χ4n) is 1.62. The molecule has 0 saturated carbocycles. The molecular weight excluding hydrogens is 371 g/mol. The molecule has 94 valence electrons. The fourth-order valence-corrected chi connectivity index (χ4v) is 2.50. The van der Waals surface area contributed by atoms with Gasteiger partial charge < -0.3 is 5.11 Å². The van der Waals surface area contributed by atoms with E-state index in [1.165, 1.54) is 6.07 Å². The number of aromatic hydroxyl groups is 1. The van der Waals surface area contributed by atoms with Gasteiger partial charge in [-0.2, -0.15) is 8.42 Å². The maximum absolute atomic E-state index is 11.3. The van der Waals surface area contributed by atoms with Gasteiger partial charge >= 0.3 is 0 Å². The van der Waals surface area contributed by atoms with E-state index in [0.29, 0.717) is 10.8 Å². The van der Waals surface area contributed by atoms with Crippen molar-refractivity contribution in [2.24, 2.45) is 8.44 Å². The molecule has 2 N–H and O–H groups in total. The van der Waals surface area contributed by atoms with Gasteiger partial charge in [-0.1, -0.05) is 24.3 Å². The standard InChI is InChI=1S/C10H7IN2O4S/c11-13-12-9-8(18(15,16)17)5-6-3-1-2-4-7(6)10(9)14/h1-5,14H,(H,15,16,17). The van der Waals surface area contributed by atoms with Gasteiger partial charge in [0, 0.05) is 5.39 Å². The molecule has 0 aromatic heterocycles. The molecule has 0 unspecified atom stereocenters. The van der Waals surface area contributed by atoms with Crippen molar-refractivity contribution in [3.05, 3.63) is 30.3 Å².